The molecule has 0 saturated carbocycles. The Bertz CT molecular complexity index is 205. The van der Waals surface area contributed by atoms with Crippen LogP contribution >= 0.6 is 0 Å². The van der Waals surface area contributed by atoms with E-state index in [1.165, 1.54) is 38.5 Å². The van der Waals surface area contributed by atoms with Crippen LogP contribution in [0.4, 0.5) is 0 Å². The summed E-state index contributed by atoms with van der Waals surface area (Å²) in [5.74, 6) is -0.890. The summed E-state index contributed by atoms with van der Waals surface area (Å²) >= 11 is 0. The number of carboxylic acids is 1. The lowest BCUT2D eigenvalue weighted by Gasteiger charge is -1.97. The van der Waals surface area contributed by atoms with E-state index in [0.717, 1.165) is 12.5 Å². The second-order valence-corrected chi connectivity index (χ2v) is 3.68. The highest BCUT2D eigenvalue weighted by Gasteiger charge is 1.87. The monoisotopic (exact) mass is 210 g/mol. The summed E-state index contributed by atoms with van der Waals surface area (Å²) in [6.45, 7) is 2.22. The van der Waals surface area contributed by atoms with Gasteiger partial charge in [-0.3, -0.25) is 0 Å². The molecule has 0 bridgehead atoms. The highest BCUT2D eigenvalue weighted by Crippen LogP contribution is 2.06. The largest absolute Gasteiger partial charge is 0.478 e. The molecule has 0 aliphatic carbocycles. The lowest BCUT2D eigenvalue weighted by Crippen LogP contribution is -1.84. The topological polar surface area (TPSA) is 37.3 Å². The number of hydrogen-bond donors (Lipinski definition) is 1. The van der Waals surface area contributed by atoms with Gasteiger partial charge in [-0.2, -0.15) is 0 Å². The molecule has 0 atom stereocenters. The van der Waals surface area contributed by atoms with Gasteiger partial charge in [0.15, 0.2) is 0 Å². The van der Waals surface area contributed by atoms with Gasteiger partial charge in [-0.05, 0) is 12.8 Å². The van der Waals surface area contributed by atoms with E-state index in [-0.39, 0.29) is 0 Å². The molecule has 15 heavy (non-hydrogen) atoms. The molecule has 0 amide bonds. The first kappa shape index (κ1) is 13.9. The van der Waals surface area contributed by atoms with Gasteiger partial charge in [0.1, 0.15) is 0 Å². The lowest BCUT2D eigenvalue weighted by atomic mass is 10.1. The molecular weight excluding hydrogens is 188 g/mol. The zero-order chi connectivity index (χ0) is 11.4. The van der Waals surface area contributed by atoms with Crippen LogP contribution in [0.25, 0.3) is 0 Å². The van der Waals surface area contributed by atoms with Gasteiger partial charge < -0.3 is 5.11 Å². The molecule has 0 fully saturated rings. The zero-order valence-electron chi connectivity index (χ0n) is 9.61. The third-order valence-corrected chi connectivity index (χ3v) is 2.21. The molecular formula is C13H22O2. The Labute approximate surface area is 92.7 Å². The van der Waals surface area contributed by atoms with E-state index in [9.17, 15) is 4.79 Å². The molecule has 0 aromatic heterocycles. The minimum absolute atomic E-state index is 0.890. The Kier molecular flexibility index (Phi) is 10.3. The number of unbranched alkanes of at least 4 members (excludes halogenated alkanes) is 6. The van der Waals surface area contributed by atoms with Crippen LogP contribution in [0.15, 0.2) is 24.3 Å². The predicted molar refractivity (Wildman–Crippen MR) is 63.9 cm³/mol. The van der Waals surface area contributed by atoms with Crippen molar-refractivity contribution in [3.8, 4) is 0 Å². The summed E-state index contributed by atoms with van der Waals surface area (Å²) in [6.07, 6.45) is 15.4. The molecule has 2 nitrogen and oxygen atoms in total. The van der Waals surface area contributed by atoms with Gasteiger partial charge in [0.25, 0.3) is 0 Å². The summed E-state index contributed by atoms with van der Waals surface area (Å²) < 4.78 is 0. The Hall–Kier alpha value is -1.05. The van der Waals surface area contributed by atoms with Crippen molar-refractivity contribution in [2.75, 3.05) is 0 Å². The maximum atomic E-state index is 10.1. The van der Waals surface area contributed by atoms with Gasteiger partial charge >= 0.3 is 5.97 Å². The summed E-state index contributed by atoms with van der Waals surface area (Å²) in [5, 5.41) is 8.32. The van der Waals surface area contributed by atoms with Crippen molar-refractivity contribution < 1.29 is 9.90 Å². The smallest absolute Gasteiger partial charge is 0.328 e. The normalized spacial score (nSPS) is 11.5. The van der Waals surface area contributed by atoms with Crippen LogP contribution in [0.5, 0.6) is 0 Å². The van der Waals surface area contributed by atoms with Crippen LogP contribution < -0.4 is 0 Å². The first-order valence-electron chi connectivity index (χ1n) is 5.83. The molecule has 0 aromatic rings. The summed E-state index contributed by atoms with van der Waals surface area (Å²) in [5.41, 5.74) is 0. The van der Waals surface area contributed by atoms with Crippen molar-refractivity contribution in [2.45, 2.75) is 51.9 Å². The van der Waals surface area contributed by atoms with Gasteiger partial charge in [-0.25, -0.2) is 4.79 Å². The van der Waals surface area contributed by atoms with Crippen LogP contribution in [0, 0.1) is 0 Å². The number of hydrogen-bond acceptors (Lipinski definition) is 1. The summed E-state index contributed by atoms with van der Waals surface area (Å²) in [6, 6.07) is 0. The number of allylic oxidation sites excluding steroid dienone is 3. The van der Waals surface area contributed by atoms with Crippen molar-refractivity contribution in [3.63, 3.8) is 0 Å². The summed E-state index contributed by atoms with van der Waals surface area (Å²) in [7, 11) is 0. The van der Waals surface area contributed by atoms with Crippen LogP contribution in [0.1, 0.15) is 51.9 Å². The summed E-state index contributed by atoms with van der Waals surface area (Å²) in [4.78, 5) is 10.1. The average molecular weight is 210 g/mol. The molecule has 0 saturated heterocycles. The second-order valence-electron chi connectivity index (χ2n) is 3.68. The zero-order valence-corrected chi connectivity index (χ0v) is 9.61. The molecule has 0 unspecified atom stereocenters. The minimum Gasteiger partial charge on any atom is -0.478 e. The third kappa shape index (κ3) is 12.9. The maximum Gasteiger partial charge on any atom is 0.328 e. The standard InChI is InChI=1S/C13H22O2/c1-2-3-4-5-6-7-8-9-10-11-12-13(14)15/h9-12H,2-8H2,1H3,(H,14,15)/b10-9?,12-11+. The van der Waals surface area contributed by atoms with Crippen molar-refractivity contribution in [2.24, 2.45) is 0 Å². The lowest BCUT2D eigenvalue weighted by molar-refractivity contribution is -0.131. The predicted octanol–water partition coefficient (Wildman–Crippen LogP) is 3.93. The first-order chi connectivity index (χ1) is 7.27. The van der Waals surface area contributed by atoms with E-state index in [1.54, 1.807) is 12.2 Å². The molecule has 2 heteroatoms. The molecule has 0 radical (unpaired) electrons. The van der Waals surface area contributed by atoms with E-state index in [1.807, 2.05) is 6.08 Å². The molecule has 0 aromatic carbocycles. The SMILES string of the molecule is CCCCCCCCC=C/C=C/C(=O)O. The first-order valence-corrected chi connectivity index (χ1v) is 5.83. The molecule has 0 aliphatic heterocycles. The Balaban J connectivity index is 3.20. The third-order valence-electron chi connectivity index (χ3n) is 2.21. The molecule has 0 rings (SSSR count). The van der Waals surface area contributed by atoms with Crippen LogP contribution in [-0.4, -0.2) is 11.1 Å². The Morgan fingerprint density at radius 1 is 1.07 bits per heavy atom. The van der Waals surface area contributed by atoms with Gasteiger partial charge in [-0.1, -0.05) is 57.3 Å². The van der Waals surface area contributed by atoms with Crippen LogP contribution in [-0.2, 0) is 4.79 Å². The van der Waals surface area contributed by atoms with Crippen molar-refractivity contribution in [1.29, 1.82) is 0 Å². The molecule has 0 aliphatic rings. The van der Waals surface area contributed by atoms with Gasteiger partial charge in [0.2, 0.25) is 0 Å². The molecule has 86 valence electrons. The van der Waals surface area contributed by atoms with Crippen molar-refractivity contribution in [1.82, 2.24) is 0 Å². The maximum absolute atomic E-state index is 10.1. The fourth-order valence-corrected chi connectivity index (χ4v) is 1.36. The van der Waals surface area contributed by atoms with Crippen LogP contribution in [0.2, 0.25) is 0 Å². The number of carboxylic acid groups (broad SMARTS) is 1. The van der Waals surface area contributed by atoms with Gasteiger partial charge in [0.05, 0.1) is 0 Å². The highest BCUT2D eigenvalue weighted by molar-refractivity contribution is 5.80. The number of rotatable bonds is 9. The van der Waals surface area contributed by atoms with Crippen molar-refractivity contribution in [3.05, 3.63) is 24.3 Å². The number of carbonyl (C=O) groups is 1. The number of aliphatic carboxylic acids is 1. The van der Waals surface area contributed by atoms with E-state index in [0.29, 0.717) is 0 Å². The molecule has 0 heterocycles. The molecule has 1 N–H and O–H groups in total. The quantitative estimate of drug-likeness (QED) is 0.355. The fraction of sp³-hybridized carbons (Fsp3) is 0.615. The highest BCUT2D eigenvalue weighted by atomic mass is 16.4. The van der Waals surface area contributed by atoms with Gasteiger partial charge in [0, 0.05) is 6.08 Å². The van der Waals surface area contributed by atoms with Crippen molar-refractivity contribution >= 4 is 5.97 Å². The Morgan fingerprint density at radius 3 is 2.40 bits per heavy atom. The average Bonchev–Trinajstić information content (AvgIpc) is 2.20. The van der Waals surface area contributed by atoms with Crippen LogP contribution in [0.3, 0.4) is 0 Å². The fourth-order valence-electron chi connectivity index (χ4n) is 1.36. The van der Waals surface area contributed by atoms with E-state index >= 15 is 0 Å². The Morgan fingerprint density at radius 2 is 1.73 bits per heavy atom. The van der Waals surface area contributed by atoms with E-state index < -0.39 is 5.97 Å². The molecule has 0 spiro atoms. The van der Waals surface area contributed by atoms with E-state index in [2.05, 4.69) is 6.92 Å². The minimum atomic E-state index is -0.890. The second kappa shape index (κ2) is 11.0. The van der Waals surface area contributed by atoms with E-state index in [4.69, 9.17) is 5.11 Å². The van der Waals surface area contributed by atoms with Gasteiger partial charge in [-0.15, -0.1) is 0 Å².